The van der Waals surface area contributed by atoms with Gasteiger partial charge in [-0.05, 0) is 31.6 Å². The predicted molar refractivity (Wildman–Crippen MR) is 57.3 cm³/mol. The monoisotopic (exact) mass is 198 g/mol. The molecule has 0 aromatic carbocycles. The van der Waals surface area contributed by atoms with Crippen molar-refractivity contribution in [2.45, 2.75) is 31.7 Å². The van der Waals surface area contributed by atoms with Gasteiger partial charge in [-0.1, -0.05) is 0 Å². The number of hydrogen-bond acceptors (Lipinski definition) is 3. The summed E-state index contributed by atoms with van der Waals surface area (Å²) in [7, 11) is 0. The van der Waals surface area contributed by atoms with Crippen LogP contribution < -0.4 is 5.32 Å². The molecule has 0 aliphatic carbocycles. The van der Waals surface area contributed by atoms with Crippen LogP contribution in [-0.2, 0) is 0 Å². The molecule has 2 aliphatic rings. The molecule has 14 heavy (non-hydrogen) atoms. The zero-order valence-electron chi connectivity index (χ0n) is 8.91. The fraction of sp³-hybridized carbons (Fsp3) is 1.00. The molecule has 0 aromatic rings. The summed E-state index contributed by atoms with van der Waals surface area (Å²) in [5.74, 6) is 0.844. The standard InChI is InChI=1S/C11H22N2O/c14-7-1-2-10-3-4-11-8-12-5-6-13(11)9-10/h10-12,14H,1-9H2. The summed E-state index contributed by atoms with van der Waals surface area (Å²) >= 11 is 0. The van der Waals surface area contributed by atoms with Gasteiger partial charge in [0.15, 0.2) is 0 Å². The van der Waals surface area contributed by atoms with Crippen molar-refractivity contribution < 1.29 is 5.11 Å². The van der Waals surface area contributed by atoms with E-state index in [1.54, 1.807) is 0 Å². The normalized spacial score (nSPS) is 34.1. The number of aliphatic hydroxyl groups is 1. The summed E-state index contributed by atoms with van der Waals surface area (Å²) in [5, 5.41) is 12.3. The Balaban J connectivity index is 1.77. The number of rotatable bonds is 3. The minimum Gasteiger partial charge on any atom is -0.396 e. The maximum atomic E-state index is 8.81. The van der Waals surface area contributed by atoms with E-state index in [0.29, 0.717) is 6.61 Å². The molecule has 2 atom stereocenters. The molecule has 2 N–H and O–H groups in total. The van der Waals surface area contributed by atoms with E-state index in [4.69, 9.17) is 5.11 Å². The van der Waals surface area contributed by atoms with Gasteiger partial charge in [0.1, 0.15) is 0 Å². The van der Waals surface area contributed by atoms with E-state index in [9.17, 15) is 0 Å². The lowest BCUT2D eigenvalue weighted by Gasteiger charge is -2.42. The molecule has 2 saturated heterocycles. The zero-order chi connectivity index (χ0) is 9.80. The summed E-state index contributed by atoms with van der Waals surface area (Å²) in [6.45, 7) is 5.20. The molecule has 0 bridgehead atoms. The van der Waals surface area contributed by atoms with Crippen molar-refractivity contribution >= 4 is 0 Å². The Morgan fingerprint density at radius 2 is 2.29 bits per heavy atom. The summed E-state index contributed by atoms with van der Waals surface area (Å²) in [5.41, 5.74) is 0. The van der Waals surface area contributed by atoms with Crippen molar-refractivity contribution in [3.05, 3.63) is 0 Å². The minimum absolute atomic E-state index is 0.363. The highest BCUT2D eigenvalue weighted by atomic mass is 16.2. The highest BCUT2D eigenvalue weighted by Gasteiger charge is 2.29. The van der Waals surface area contributed by atoms with Gasteiger partial charge in [0.2, 0.25) is 0 Å². The topological polar surface area (TPSA) is 35.5 Å². The number of fused-ring (bicyclic) bond motifs is 1. The second kappa shape index (κ2) is 5.10. The van der Waals surface area contributed by atoms with Crippen LogP contribution in [0.3, 0.4) is 0 Å². The second-order valence-corrected chi connectivity index (χ2v) is 4.66. The van der Waals surface area contributed by atoms with Gasteiger partial charge in [-0.2, -0.15) is 0 Å². The van der Waals surface area contributed by atoms with Crippen molar-refractivity contribution in [2.24, 2.45) is 5.92 Å². The maximum absolute atomic E-state index is 8.81. The lowest BCUT2D eigenvalue weighted by Crippen LogP contribution is -2.54. The number of nitrogens with one attached hydrogen (secondary N) is 1. The van der Waals surface area contributed by atoms with Gasteiger partial charge in [-0.25, -0.2) is 0 Å². The van der Waals surface area contributed by atoms with E-state index >= 15 is 0 Å². The highest BCUT2D eigenvalue weighted by molar-refractivity contribution is 4.86. The van der Waals surface area contributed by atoms with Crippen LogP contribution in [0.5, 0.6) is 0 Å². The largest absolute Gasteiger partial charge is 0.396 e. The second-order valence-electron chi connectivity index (χ2n) is 4.66. The Morgan fingerprint density at radius 1 is 1.36 bits per heavy atom. The molecule has 2 rings (SSSR count). The molecule has 0 aromatic heterocycles. The minimum atomic E-state index is 0.363. The average molecular weight is 198 g/mol. The van der Waals surface area contributed by atoms with Gasteiger partial charge >= 0.3 is 0 Å². The maximum Gasteiger partial charge on any atom is 0.0431 e. The number of aliphatic hydroxyl groups excluding tert-OH is 1. The van der Waals surface area contributed by atoms with Crippen LogP contribution in [-0.4, -0.2) is 48.8 Å². The summed E-state index contributed by atoms with van der Waals surface area (Å²) < 4.78 is 0. The summed E-state index contributed by atoms with van der Waals surface area (Å²) in [4.78, 5) is 2.64. The molecule has 0 spiro atoms. The molecule has 2 aliphatic heterocycles. The first-order valence-corrected chi connectivity index (χ1v) is 5.96. The molecule has 2 fully saturated rings. The van der Waals surface area contributed by atoms with Gasteiger partial charge in [0.25, 0.3) is 0 Å². The van der Waals surface area contributed by atoms with Crippen molar-refractivity contribution in [2.75, 3.05) is 32.8 Å². The van der Waals surface area contributed by atoms with Crippen LogP contribution in [0.15, 0.2) is 0 Å². The first-order chi connectivity index (χ1) is 6.90. The fourth-order valence-electron chi connectivity index (χ4n) is 2.79. The van der Waals surface area contributed by atoms with Crippen LogP contribution in [0, 0.1) is 5.92 Å². The number of piperidine rings is 1. The van der Waals surface area contributed by atoms with Crippen LogP contribution in [0.4, 0.5) is 0 Å². The predicted octanol–water partition coefficient (Wildman–Crippen LogP) is 0.443. The molecule has 82 valence electrons. The van der Waals surface area contributed by atoms with E-state index in [1.807, 2.05) is 0 Å². The molecule has 0 saturated carbocycles. The molecule has 0 radical (unpaired) electrons. The quantitative estimate of drug-likeness (QED) is 0.691. The van der Waals surface area contributed by atoms with Crippen molar-refractivity contribution in [3.8, 4) is 0 Å². The molecule has 3 heteroatoms. The van der Waals surface area contributed by atoms with E-state index in [-0.39, 0.29) is 0 Å². The van der Waals surface area contributed by atoms with Crippen LogP contribution in [0.1, 0.15) is 25.7 Å². The van der Waals surface area contributed by atoms with Gasteiger partial charge in [-0.15, -0.1) is 0 Å². The van der Waals surface area contributed by atoms with Crippen LogP contribution >= 0.6 is 0 Å². The molecular formula is C11H22N2O. The Labute approximate surface area is 86.5 Å². The highest BCUT2D eigenvalue weighted by Crippen LogP contribution is 2.25. The van der Waals surface area contributed by atoms with Crippen molar-refractivity contribution in [1.29, 1.82) is 0 Å². The Hall–Kier alpha value is -0.120. The van der Waals surface area contributed by atoms with Gasteiger partial charge in [0.05, 0.1) is 0 Å². The van der Waals surface area contributed by atoms with Crippen LogP contribution in [0.2, 0.25) is 0 Å². The first kappa shape index (κ1) is 10.4. The smallest absolute Gasteiger partial charge is 0.0431 e. The number of piperazine rings is 1. The van der Waals surface area contributed by atoms with E-state index in [1.165, 1.54) is 38.9 Å². The molecule has 2 heterocycles. The Morgan fingerprint density at radius 3 is 3.14 bits per heavy atom. The lowest BCUT2D eigenvalue weighted by atomic mass is 9.88. The number of nitrogens with zero attached hydrogens (tertiary/aromatic N) is 1. The third kappa shape index (κ3) is 2.47. The molecular weight excluding hydrogens is 176 g/mol. The Kier molecular flexibility index (Phi) is 3.79. The van der Waals surface area contributed by atoms with E-state index in [2.05, 4.69) is 10.2 Å². The van der Waals surface area contributed by atoms with Crippen molar-refractivity contribution in [3.63, 3.8) is 0 Å². The van der Waals surface area contributed by atoms with E-state index in [0.717, 1.165) is 24.9 Å². The fourth-order valence-corrected chi connectivity index (χ4v) is 2.79. The third-order valence-electron chi connectivity index (χ3n) is 3.64. The van der Waals surface area contributed by atoms with Gasteiger partial charge < -0.3 is 10.4 Å². The SMILES string of the molecule is OCCCC1CCC2CNCCN2C1. The van der Waals surface area contributed by atoms with Crippen molar-refractivity contribution in [1.82, 2.24) is 10.2 Å². The third-order valence-corrected chi connectivity index (χ3v) is 3.64. The average Bonchev–Trinajstić information content (AvgIpc) is 2.26. The first-order valence-electron chi connectivity index (χ1n) is 5.96. The van der Waals surface area contributed by atoms with E-state index < -0.39 is 0 Å². The molecule has 0 amide bonds. The summed E-state index contributed by atoms with van der Waals surface area (Å²) in [6.07, 6.45) is 4.92. The van der Waals surface area contributed by atoms with Crippen LogP contribution in [0.25, 0.3) is 0 Å². The summed E-state index contributed by atoms with van der Waals surface area (Å²) in [6, 6.07) is 0.800. The molecule has 2 unspecified atom stereocenters. The van der Waals surface area contributed by atoms with Gasteiger partial charge in [-0.3, -0.25) is 4.90 Å². The number of hydrogen-bond donors (Lipinski definition) is 2. The molecule has 3 nitrogen and oxygen atoms in total. The lowest BCUT2D eigenvalue weighted by molar-refractivity contribution is 0.0795. The zero-order valence-corrected chi connectivity index (χ0v) is 8.91. The Bertz CT molecular complexity index is 175. The van der Waals surface area contributed by atoms with Gasteiger partial charge in [0, 0.05) is 38.8 Å².